The first kappa shape index (κ1) is 13.0. The highest BCUT2D eigenvalue weighted by atomic mass is 19.1. The van der Waals surface area contributed by atoms with Crippen molar-refractivity contribution in [3.8, 4) is 0 Å². The highest BCUT2D eigenvalue weighted by Crippen LogP contribution is 2.15. The third-order valence-corrected chi connectivity index (χ3v) is 2.05. The van der Waals surface area contributed by atoms with Gasteiger partial charge in [0.05, 0.1) is 17.5 Å². The van der Waals surface area contributed by atoms with E-state index >= 15 is 0 Å². The fourth-order valence-corrected chi connectivity index (χ4v) is 1.25. The van der Waals surface area contributed by atoms with E-state index in [0.29, 0.717) is 5.56 Å². The molecule has 0 atom stereocenters. The first-order valence-electron chi connectivity index (χ1n) is 4.88. The van der Waals surface area contributed by atoms with E-state index in [0.717, 1.165) is 6.07 Å². The zero-order valence-corrected chi connectivity index (χ0v) is 9.20. The summed E-state index contributed by atoms with van der Waals surface area (Å²) in [5.74, 6) is -0.883. The average Bonchev–Trinajstić information content (AvgIpc) is 2.28. The van der Waals surface area contributed by atoms with Crippen LogP contribution in [-0.4, -0.2) is 24.4 Å². The lowest BCUT2D eigenvalue weighted by molar-refractivity contribution is -0.385. The lowest BCUT2D eigenvalue weighted by atomic mass is 10.2. The second-order valence-electron chi connectivity index (χ2n) is 3.35. The van der Waals surface area contributed by atoms with Crippen LogP contribution >= 0.6 is 0 Å². The van der Waals surface area contributed by atoms with Crippen LogP contribution in [0, 0.1) is 15.9 Å². The number of rotatable bonds is 5. The van der Waals surface area contributed by atoms with Crippen molar-refractivity contribution in [2.24, 2.45) is 0 Å². The Hall–Kier alpha value is -2.02. The van der Waals surface area contributed by atoms with Crippen molar-refractivity contribution in [2.75, 3.05) is 13.6 Å². The van der Waals surface area contributed by atoms with Crippen molar-refractivity contribution >= 4 is 11.6 Å². The lowest BCUT2D eigenvalue weighted by Crippen LogP contribution is -2.30. The molecule has 0 aromatic heterocycles. The molecule has 0 heterocycles. The van der Waals surface area contributed by atoms with Crippen molar-refractivity contribution in [2.45, 2.75) is 6.54 Å². The maximum absolute atomic E-state index is 13.0. The number of halogens is 1. The molecule has 0 saturated carbocycles. The van der Waals surface area contributed by atoms with Gasteiger partial charge < -0.3 is 10.6 Å². The lowest BCUT2D eigenvalue weighted by Gasteiger charge is -2.04. The van der Waals surface area contributed by atoms with Gasteiger partial charge in [0.15, 0.2) is 0 Å². The Kier molecular flexibility index (Phi) is 4.53. The molecule has 92 valence electrons. The number of likely N-dealkylation sites (N-methyl/N-ethyl adjacent to an activating group) is 1. The van der Waals surface area contributed by atoms with Crippen LogP contribution in [0.3, 0.4) is 0 Å². The van der Waals surface area contributed by atoms with Gasteiger partial charge in [-0.25, -0.2) is 4.39 Å². The molecule has 0 fully saturated rings. The standard InChI is InChI=1S/C10H12FN3O3/c1-12-10(15)6-13-5-7-2-8(11)4-9(3-7)14(16)17/h2-4,13H,5-6H2,1H3,(H,12,15). The first-order valence-corrected chi connectivity index (χ1v) is 4.88. The minimum atomic E-state index is -0.670. The number of amides is 1. The number of nitro benzene ring substituents is 1. The SMILES string of the molecule is CNC(=O)CNCc1cc(F)cc([N+](=O)[O-])c1. The molecule has 0 bridgehead atoms. The van der Waals surface area contributed by atoms with E-state index in [9.17, 15) is 19.3 Å². The number of nitrogens with zero attached hydrogens (tertiary/aromatic N) is 1. The molecular weight excluding hydrogens is 229 g/mol. The summed E-state index contributed by atoms with van der Waals surface area (Å²) in [5.41, 5.74) is 0.113. The van der Waals surface area contributed by atoms with Gasteiger partial charge in [-0.15, -0.1) is 0 Å². The first-order chi connectivity index (χ1) is 8.02. The summed E-state index contributed by atoms with van der Waals surface area (Å²) in [6.45, 7) is 0.257. The highest BCUT2D eigenvalue weighted by molar-refractivity contribution is 5.77. The maximum atomic E-state index is 13.0. The fraction of sp³-hybridized carbons (Fsp3) is 0.300. The number of carbonyl (C=O) groups is 1. The molecule has 7 heteroatoms. The van der Waals surface area contributed by atoms with Crippen LogP contribution < -0.4 is 10.6 Å². The third kappa shape index (κ3) is 4.15. The van der Waals surface area contributed by atoms with Gasteiger partial charge in [-0.3, -0.25) is 14.9 Å². The predicted molar refractivity (Wildman–Crippen MR) is 58.8 cm³/mol. The second-order valence-corrected chi connectivity index (χ2v) is 3.35. The molecule has 1 amide bonds. The Morgan fingerprint density at radius 3 is 2.76 bits per heavy atom. The molecule has 0 aliphatic carbocycles. The van der Waals surface area contributed by atoms with Crippen molar-refractivity contribution < 1.29 is 14.1 Å². The van der Waals surface area contributed by atoms with E-state index in [4.69, 9.17) is 0 Å². The van der Waals surface area contributed by atoms with Crippen LogP contribution in [0.4, 0.5) is 10.1 Å². The Morgan fingerprint density at radius 1 is 1.47 bits per heavy atom. The molecule has 0 aliphatic rings. The van der Waals surface area contributed by atoms with Crippen LogP contribution in [0.25, 0.3) is 0 Å². The Bertz CT molecular complexity index is 437. The number of nitrogens with one attached hydrogen (secondary N) is 2. The summed E-state index contributed by atoms with van der Waals surface area (Å²) >= 11 is 0. The van der Waals surface area contributed by atoms with Gasteiger partial charge in [0, 0.05) is 19.7 Å². The summed E-state index contributed by atoms with van der Waals surface area (Å²) < 4.78 is 13.0. The Labute approximate surface area is 97.0 Å². The number of hydrogen-bond acceptors (Lipinski definition) is 4. The zero-order chi connectivity index (χ0) is 12.8. The van der Waals surface area contributed by atoms with Gasteiger partial charge in [0.25, 0.3) is 5.69 Å². The summed E-state index contributed by atoms with van der Waals surface area (Å²) in [6.07, 6.45) is 0. The monoisotopic (exact) mass is 241 g/mol. The van der Waals surface area contributed by atoms with Crippen LogP contribution in [0.15, 0.2) is 18.2 Å². The molecule has 0 spiro atoms. The number of benzene rings is 1. The second kappa shape index (κ2) is 5.90. The summed E-state index contributed by atoms with van der Waals surface area (Å²) in [6, 6.07) is 3.30. The number of nitro groups is 1. The van der Waals surface area contributed by atoms with Crippen LogP contribution in [0.2, 0.25) is 0 Å². The van der Waals surface area contributed by atoms with Gasteiger partial charge in [-0.1, -0.05) is 0 Å². The summed E-state index contributed by atoms with van der Waals surface area (Å²) in [7, 11) is 1.50. The van der Waals surface area contributed by atoms with Crippen molar-refractivity contribution in [3.63, 3.8) is 0 Å². The topological polar surface area (TPSA) is 84.3 Å². The summed E-state index contributed by atoms with van der Waals surface area (Å²) in [5, 5.41) is 15.6. The minimum Gasteiger partial charge on any atom is -0.358 e. The minimum absolute atomic E-state index is 0.0702. The normalized spacial score (nSPS) is 10.0. The van der Waals surface area contributed by atoms with E-state index < -0.39 is 10.7 Å². The van der Waals surface area contributed by atoms with Crippen LogP contribution in [-0.2, 0) is 11.3 Å². The molecule has 1 aromatic rings. The number of non-ortho nitro benzene ring substituents is 1. The van der Waals surface area contributed by atoms with Crippen LogP contribution in [0.5, 0.6) is 0 Å². The Balaban J connectivity index is 2.65. The van der Waals surface area contributed by atoms with Crippen molar-refractivity contribution in [3.05, 3.63) is 39.7 Å². The average molecular weight is 241 g/mol. The largest absolute Gasteiger partial charge is 0.358 e. The number of carbonyl (C=O) groups excluding carboxylic acids is 1. The highest BCUT2D eigenvalue weighted by Gasteiger charge is 2.09. The third-order valence-electron chi connectivity index (χ3n) is 2.05. The maximum Gasteiger partial charge on any atom is 0.272 e. The van der Waals surface area contributed by atoms with Gasteiger partial charge in [-0.2, -0.15) is 0 Å². The molecule has 1 aromatic carbocycles. The van der Waals surface area contributed by atoms with E-state index in [2.05, 4.69) is 10.6 Å². The number of hydrogen-bond donors (Lipinski definition) is 2. The molecule has 0 saturated heterocycles. The Morgan fingerprint density at radius 2 is 2.18 bits per heavy atom. The van der Waals surface area contributed by atoms with Gasteiger partial charge >= 0.3 is 0 Å². The van der Waals surface area contributed by atoms with Crippen molar-refractivity contribution in [1.29, 1.82) is 0 Å². The van der Waals surface area contributed by atoms with E-state index in [1.165, 1.54) is 19.2 Å². The molecule has 0 radical (unpaired) electrons. The van der Waals surface area contributed by atoms with Crippen LogP contribution in [0.1, 0.15) is 5.56 Å². The molecule has 0 aliphatic heterocycles. The van der Waals surface area contributed by atoms with E-state index in [-0.39, 0.29) is 24.7 Å². The molecule has 0 unspecified atom stereocenters. The summed E-state index contributed by atoms with van der Waals surface area (Å²) in [4.78, 5) is 20.7. The van der Waals surface area contributed by atoms with Gasteiger partial charge in [0.1, 0.15) is 5.82 Å². The molecular formula is C10H12FN3O3. The smallest absolute Gasteiger partial charge is 0.272 e. The molecule has 1 rings (SSSR count). The van der Waals surface area contributed by atoms with E-state index in [1.54, 1.807) is 0 Å². The van der Waals surface area contributed by atoms with Crippen molar-refractivity contribution in [1.82, 2.24) is 10.6 Å². The quantitative estimate of drug-likeness (QED) is 0.583. The molecule has 17 heavy (non-hydrogen) atoms. The van der Waals surface area contributed by atoms with Gasteiger partial charge in [-0.05, 0) is 11.6 Å². The molecule has 2 N–H and O–H groups in total. The fourth-order valence-electron chi connectivity index (χ4n) is 1.25. The predicted octanol–water partition coefficient (Wildman–Crippen LogP) is 0.569. The van der Waals surface area contributed by atoms with Gasteiger partial charge in [0.2, 0.25) is 5.91 Å². The molecule has 6 nitrogen and oxygen atoms in total. The zero-order valence-electron chi connectivity index (χ0n) is 9.20. The van der Waals surface area contributed by atoms with E-state index in [1.807, 2.05) is 0 Å².